The van der Waals surface area contributed by atoms with Crippen molar-refractivity contribution in [2.45, 2.75) is 0 Å². The van der Waals surface area contributed by atoms with Gasteiger partial charge >= 0.3 is 5.63 Å². The molecule has 0 bridgehead atoms. The van der Waals surface area contributed by atoms with Crippen molar-refractivity contribution in [2.75, 3.05) is 0 Å². The predicted octanol–water partition coefficient (Wildman–Crippen LogP) is 2.78. The van der Waals surface area contributed by atoms with E-state index in [4.69, 9.17) is 4.42 Å². The minimum Gasteiger partial charge on any atom is -0.504 e. The average Bonchev–Trinajstić information content (AvgIpc) is 2.48. The standard InChI is InChI=1S/C15H9NO6/c17-12-6-9-5-11(15(19)22-14(9)7-13(12)18)8-2-1-3-10(4-8)16(20)21/h1-7,17-18H. The first-order valence-corrected chi connectivity index (χ1v) is 6.20. The van der Waals surface area contributed by atoms with Gasteiger partial charge in [0.1, 0.15) is 5.58 Å². The molecule has 0 atom stereocenters. The maximum absolute atomic E-state index is 12.0. The molecule has 0 unspecified atom stereocenters. The summed E-state index contributed by atoms with van der Waals surface area (Å²) >= 11 is 0. The van der Waals surface area contributed by atoms with E-state index in [9.17, 15) is 25.1 Å². The second kappa shape index (κ2) is 4.88. The molecule has 2 aromatic carbocycles. The summed E-state index contributed by atoms with van der Waals surface area (Å²) in [5.74, 6) is -0.759. The molecular formula is C15H9NO6. The summed E-state index contributed by atoms with van der Waals surface area (Å²) in [7, 11) is 0. The van der Waals surface area contributed by atoms with Gasteiger partial charge in [-0.2, -0.15) is 0 Å². The number of non-ortho nitro benzene ring substituents is 1. The number of hydrogen-bond acceptors (Lipinski definition) is 6. The van der Waals surface area contributed by atoms with Crippen molar-refractivity contribution in [3.63, 3.8) is 0 Å². The molecule has 0 saturated heterocycles. The highest BCUT2D eigenvalue weighted by molar-refractivity contribution is 5.84. The zero-order valence-corrected chi connectivity index (χ0v) is 11.0. The van der Waals surface area contributed by atoms with Crippen LogP contribution in [-0.4, -0.2) is 15.1 Å². The van der Waals surface area contributed by atoms with Gasteiger partial charge in [-0.25, -0.2) is 4.79 Å². The first kappa shape index (κ1) is 13.6. The lowest BCUT2D eigenvalue weighted by molar-refractivity contribution is -0.384. The Morgan fingerprint density at radius 2 is 1.77 bits per heavy atom. The van der Waals surface area contributed by atoms with E-state index in [1.54, 1.807) is 6.07 Å². The molecule has 2 N–H and O–H groups in total. The predicted molar refractivity (Wildman–Crippen MR) is 77.9 cm³/mol. The Labute approximate surface area is 122 Å². The summed E-state index contributed by atoms with van der Waals surface area (Å²) in [6.45, 7) is 0. The van der Waals surface area contributed by atoms with Gasteiger partial charge in [0, 0.05) is 23.6 Å². The summed E-state index contributed by atoms with van der Waals surface area (Å²) < 4.78 is 5.09. The molecule has 0 aliphatic heterocycles. The number of phenols is 2. The second-order valence-corrected chi connectivity index (χ2v) is 4.63. The number of benzene rings is 2. The minimum absolute atomic E-state index is 0.106. The van der Waals surface area contributed by atoms with Crippen molar-refractivity contribution in [1.82, 2.24) is 0 Å². The first-order chi connectivity index (χ1) is 10.5. The average molecular weight is 299 g/mol. The summed E-state index contributed by atoms with van der Waals surface area (Å²) in [4.78, 5) is 22.3. The van der Waals surface area contributed by atoms with E-state index in [1.165, 1.54) is 30.3 Å². The quantitative estimate of drug-likeness (QED) is 0.325. The van der Waals surface area contributed by atoms with Crippen LogP contribution in [0.4, 0.5) is 5.69 Å². The molecule has 0 spiro atoms. The topological polar surface area (TPSA) is 114 Å². The number of fused-ring (bicyclic) bond motifs is 1. The maximum atomic E-state index is 12.0. The monoisotopic (exact) mass is 299 g/mol. The summed E-state index contributed by atoms with van der Waals surface area (Å²) in [5.41, 5.74) is -0.281. The highest BCUT2D eigenvalue weighted by atomic mass is 16.6. The summed E-state index contributed by atoms with van der Waals surface area (Å²) in [6, 6.07) is 9.41. The van der Waals surface area contributed by atoms with Gasteiger partial charge in [0.2, 0.25) is 0 Å². The number of hydrogen-bond donors (Lipinski definition) is 2. The SMILES string of the molecule is O=c1oc2cc(O)c(O)cc2cc1-c1cccc([N+](=O)[O-])c1. The molecule has 3 aromatic rings. The molecule has 7 heteroatoms. The van der Waals surface area contributed by atoms with Crippen LogP contribution in [0.1, 0.15) is 0 Å². The molecule has 1 aromatic heterocycles. The van der Waals surface area contributed by atoms with Crippen LogP contribution >= 0.6 is 0 Å². The zero-order valence-electron chi connectivity index (χ0n) is 11.0. The highest BCUT2D eigenvalue weighted by Gasteiger charge is 2.13. The molecule has 7 nitrogen and oxygen atoms in total. The molecule has 0 amide bonds. The van der Waals surface area contributed by atoms with E-state index < -0.39 is 16.3 Å². The Morgan fingerprint density at radius 3 is 2.50 bits per heavy atom. The van der Waals surface area contributed by atoms with E-state index in [1.807, 2.05) is 0 Å². The molecule has 1 heterocycles. The lowest BCUT2D eigenvalue weighted by atomic mass is 10.1. The number of rotatable bonds is 2. The molecule has 0 saturated carbocycles. The fourth-order valence-corrected chi connectivity index (χ4v) is 2.13. The van der Waals surface area contributed by atoms with Crippen molar-refractivity contribution in [3.05, 3.63) is 63.0 Å². The normalized spacial score (nSPS) is 10.7. The smallest absolute Gasteiger partial charge is 0.344 e. The third-order valence-electron chi connectivity index (χ3n) is 3.20. The van der Waals surface area contributed by atoms with Gasteiger partial charge in [-0.1, -0.05) is 12.1 Å². The van der Waals surface area contributed by atoms with E-state index >= 15 is 0 Å². The lowest BCUT2D eigenvalue weighted by Crippen LogP contribution is -2.03. The second-order valence-electron chi connectivity index (χ2n) is 4.63. The maximum Gasteiger partial charge on any atom is 0.344 e. The number of nitro benzene ring substituents is 1. The lowest BCUT2D eigenvalue weighted by Gasteiger charge is -2.04. The third-order valence-corrected chi connectivity index (χ3v) is 3.20. The molecule has 0 aliphatic carbocycles. The number of phenolic OH excluding ortho intramolecular Hbond substituents is 2. The van der Waals surface area contributed by atoms with Crippen LogP contribution in [0.5, 0.6) is 11.5 Å². The van der Waals surface area contributed by atoms with Gasteiger partial charge < -0.3 is 14.6 Å². The summed E-state index contributed by atoms with van der Waals surface area (Å²) in [5, 5.41) is 30.1. The van der Waals surface area contributed by atoms with Crippen LogP contribution in [0.15, 0.2) is 51.7 Å². The van der Waals surface area contributed by atoms with E-state index in [0.717, 1.165) is 6.07 Å². The Kier molecular flexibility index (Phi) is 3.03. The van der Waals surface area contributed by atoms with Crippen LogP contribution in [0, 0.1) is 10.1 Å². The minimum atomic E-state index is -0.696. The van der Waals surface area contributed by atoms with Crippen molar-refractivity contribution < 1.29 is 19.6 Å². The number of nitro groups is 1. The molecule has 0 aliphatic rings. The van der Waals surface area contributed by atoms with Crippen molar-refractivity contribution in [1.29, 1.82) is 0 Å². The van der Waals surface area contributed by atoms with E-state index in [-0.39, 0.29) is 22.6 Å². The highest BCUT2D eigenvalue weighted by Crippen LogP contribution is 2.31. The van der Waals surface area contributed by atoms with Crippen molar-refractivity contribution in [3.8, 4) is 22.6 Å². The Bertz CT molecular complexity index is 960. The Hall–Kier alpha value is -3.35. The molecule has 0 radical (unpaired) electrons. The van der Waals surface area contributed by atoms with Gasteiger partial charge in [0.25, 0.3) is 5.69 Å². The van der Waals surface area contributed by atoms with Gasteiger partial charge in [0.05, 0.1) is 10.5 Å². The molecule has 3 rings (SSSR count). The molecule has 0 fully saturated rings. The largest absolute Gasteiger partial charge is 0.504 e. The van der Waals surface area contributed by atoms with Gasteiger partial charge in [-0.15, -0.1) is 0 Å². The van der Waals surface area contributed by atoms with Crippen LogP contribution in [0.3, 0.4) is 0 Å². The van der Waals surface area contributed by atoms with Gasteiger partial charge in [0.15, 0.2) is 11.5 Å². The number of aromatic hydroxyl groups is 2. The van der Waals surface area contributed by atoms with Crippen LogP contribution in [-0.2, 0) is 0 Å². The summed E-state index contributed by atoms with van der Waals surface area (Å²) in [6.07, 6.45) is 0. The van der Waals surface area contributed by atoms with Gasteiger partial charge in [-0.3, -0.25) is 10.1 Å². The van der Waals surface area contributed by atoms with Crippen molar-refractivity contribution in [2.24, 2.45) is 0 Å². The van der Waals surface area contributed by atoms with Crippen molar-refractivity contribution >= 4 is 16.7 Å². The fraction of sp³-hybridized carbons (Fsp3) is 0. The number of nitrogens with zero attached hydrogens (tertiary/aromatic N) is 1. The first-order valence-electron chi connectivity index (χ1n) is 6.20. The molecule has 110 valence electrons. The van der Waals surface area contributed by atoms with Crippen LogP contribution in [0.25, 0.3) is 22.1 Å². The Balaban J connectivity index is 2.25. The zero-order chi connectivity index (χ0) is 15.9. The Morgan fingerprint density at radius 1 is 1.05 bits per heavy atom. The third kappa shape index (κ3) is 2.24. The fourth-order valence-electron chi connectivity index (χ4n) is 2.13. The van der Waals surface area contributed by atoms with Gasteiger partial charge in [-0.05, 0) is 17.7 Å². The van der Waals surface area contributed by atoms with E-state index in [0.29, 0.717) is 10.9 Å². The van der Waals surface area contributed by atoms with E-state index in [2.05, 4.69) is 0 Å². The van der Waals surface area contributed by atoms with Crippen LogP contribution in [0.2, 0.25) is 0 Å². The molecular weight excluding hydrogens is 290 g/mol. The molecule has 22 heavy (non-hydrogen) atoms. The van der Waals surface area contributed by atoms with Crippen LogP contribution < -0.4 is 5.63 Å².